The van der Waals surface area contributed by atoms with Gasteiger partial charge in [0, 0.05) is 37.2 Å². The Morgan fingerprint density at radius 2 is 1.48 bits per heavy atom. The van der Waals surface area contributed by atoms with Gasteiger partial charge >= 0.3 is 0 Å². The number of thiophene rings is 1. The summed E-state index contributed by atoms with van der Waals surface area (Å²) in [6.07, 6.45) is 6.36. The smallest absolute Gasteiger partial charge is 0.0799 e. The van der Waals surface area contributed by atoms with Gasteiger partial charge in [-0.2, -0.15) is 11.3 Å². The zero-order valence-electron chi connectivity index (χ0n) is 32.0. The van der Waals surface area contributed by atoms with E-state index in [1.807, 2.05) is 41.8 Å². The standard InChI is InChI=1S/C30H28NS.C17H22NSi.Ir/c1-5-21(6-2)23-12-13-31-28(17-23)27-9-7-8-26-25-11-10-22(18-29(25)32-30(26)27)24-15-19(3)14-20(4)16-24;1-13(2)15-11-16(14-9-7-6-8-10-14)18-12-17(15)19(3,4)5;/h7-8,10-18,21H,5-6H2,1-4H3;6-9,11-13H,1-5H3;/q2*-1;. The molecular formula is C47H50IrN2SSi-2. The maximum atomic E-state index is 4.74. The Morgan fingerprint density at radius 1 is 0.731 bits per heavy atom. The average molecular weight is 895 g/mol. The van der Waals surface area contributed by atoms with Crippen molar-refractivity contribution in [2.45, 2.75) is 85.9 Å². The van der Waals surface area contributed by atoms with E-state index in [-0.39, 0.29) is 20.1 Å². The van der Waals surface area contributed by atoms with Crippen molar-refractivity contribution in [1.82, 2.24) is 9.97 Å². The number of rotatable bonds is 8. The predicted molar refractivity (Wildman–Crippen MR) is 225 cm³/mol. The minimum Gasteiger partial charge on any atom is -0.305 e. The third kappa shape index (κ3) is 8.72. The van der Waals surface area contributed by atoms with Crippen molar-refractivity contribution in [3.8, 4) is 33.6 Å². The Bertz CT molecular complexity index is 2260. The quantitative estimate of drug-likeness (QED) is 0.112. The summed E-state index contributed by atoms with van der Waals surface area (Å²) in [4.78, 5) is 9.40. The molecular weight excluding hydrogens is 845 g/mol. The van der Waals surface area contributed by atoms with E-state index in [0.29, 0.717) is 11.8 Å². The van der Waals surface area contributed by atoms with E-state index in [9.17, 15) is 0 Å². The fourth-order valence-corrected chi connectivity index (χ4v) is 10.1. The van der Waals surface area contributed by atoms with Crippen LogP contribution in [0, 0.1) is 26.0 Å². The van der Waals surface area contributed by atoms with Gasteiger partial charge in [0.25, 0.3) is 0 Å². The molecule has 5 heteroatoms. The molecule has 0 amide bonds. The first-order valence-corrected chi connectivity index (χ1v) is 22.7. The summed E-state index contributed by atoms with van der Waals surface area (Å²) in [5.74, 6) is 1.12. The predicted octanol–water partition coefficient (Wildman–Crippen LogP) is 13.3. The molecule has 0 unspecified atom stereocenters. The maximum Gasteiger partial charge on any atom is 0.0799 e. The van der Waals surface area contributed by atoms with Crippen molar-refractivity contribution in [3.05, 3.63) is 138 Å². The molecule has 0 N–H and O–H groups in total. The first-order chi connectivity index (χ1) is 24.5. The van der Waals surface area contributed by atoms with Gasteiger partial charge in [-0.1, -0.05) is 117 Å². The molecule has 0 aliphatic rings. The number of nitrogens with zero attached hydrogens (tertiary/aromatic N) is 2. The van der Waals surface area contributed by atoms with Gasteiger partial charge in [-0.15, -0.1) is 59.7 Å². The fourth-order valence-electron chi connectivity index (χ4n) is 7.13. The van der Waals surface area contributed by atoms with Gasteiger partial charge in [0.1, 0.15) is 0 Å². The Kier molecular flexibility index (Phi) is 12.9. The molecule has 0 saturated carbocycles. The number of pyridine rings is 2. The van der Waals surface area contributed by atoms with Crippen LogP contribution in [0.15, 0.2) is 103 Å². The minimum absolute atomic E-state index is 0. The Morgan fingerprint density at radius 3 is 2.13 bits per heavy atom. The Labute approximate surface area is 330 Å². The van der Waals surface area contributed by atoms with Crippen molar-refractivity contribution in [2.24, 2.45) is 0 Å². The van der Waals surface area contributed by atoms with Gasteiger partial charge in [0.15, 0.2) is 0 Å². The van der Waals surface area contributed by atoms with E-state index in [0.717, 1.165) is 35.4 Å². The summed E-state index contributed by atoms with van der Waals surface area (Å²) in [7, 11) is -1.34. The molecule has 3 heterocycles. The molecule has 0 spiro atoms. The summed E-state index contributed by atoms with van der Waals surface area (Å²) in [6.45, 7) is 20.5. The minimum atomic E-state index is -1.34. The average Bonchev–Trinajstić information content (AvgIpc) is 3.50. The zero-order chi connectivity index (χ0) is 36.3. The second-order valence-electron chi connectivity index (χ2n) is 15.1. The van der Waals surface area contributed by atoms with Crippen LogP contribution in [0.5, 0.6) is 0 Å². The van der Waals surface area contributed by atoms with Crippen LogP contribution >= 0.6 is 11.3 Å². The maximum absolute atomic E-state index is 4.74. The Hall–Kier alpha value is -3.73. The topological polar surface area (TPSA) is 25.8 Å². The summed E-state index contributed by atoms with van der Waals surface area (Å²) in [5.41, 5.74) is 12.2. The molecule has 0 bridgehead atoms. The van der Waals surface area contributed by atoms with Crippen LogP contribution in [0.2, 0.25) is 19.6 Å². The van der Waals surface area contributed by atoms with Crippen LogP contribution in [-0.2, 0) is 20.1 Å². The van der Waals surface area contributed by atoms with Crippen LogP contribution < -0.4 is 5.19 Å². The Balaban J connectivity index is 0.000000225. The van der Waals surface area contributed by atoms with Gasteiger partial charge in [0.2, 0.25) is 0 Å². The van der Waals surface area contributed by atoms with Crippen molar-refractivity contribution >= 4 is 44.8 Å². The molecule has 1 radical (unpaired) electrons. The van der Waals surface area contributed by atoms with Crippen molar-refractivity contribution in [3.63, 3.8) is 0 Å². The zero-order valence-corrected chi connectivity index (χ0v) is 36.2. The van der Waals surface area contributed by atoms with Crippen LogP contribution in [-0.4, -0.2) is 18.0 Å². The van der Waals surface area contributed by atoms with Crippen LogP contribution in [0.3, 0.4) is 0 Å². The van der Waals surface area contributed by atoms with Crippen molar-refractivity contribution in [1.29, 1.82) is 0 Å². The first-order valence-electron chi connectivity index (χ1n) is 18.4. The summed E-state index contributed by atoms with van der Waals surface area (Å²) in [6, 6.07) is 39.4. The van der Waals surface area contributed by atoms with E-state index in [1.54, 1.807) is 0 Å². The largest absolute Gasteiger partial charge is 0.305 e. The first kappa shape index (κ1) is 39.5. The van der Waals surface area contributed by atoms with Gasteiger partial charge in [-0.05, 0) is 88.4 Å². The second-order valence-corrected chi connectivity index (χ2v) is 21.2. The van der Waals surface area contributed by atoms with Crippen molar-refractivity contribution in [2.75, 3.05) is 0 Å². The van der Waals surface area contributed by atoms with E-state index < -0.39 is 8.07 Å². The van der Waals surface area contributed by atoms with Crippen molar-refractivity contribution < 1.29 is 20.1 Å². The molecule has 7 aromatic rings. The number of hydrogen-bond donors (Lipinski definition) is 0. The fraction of sp³-hybridized carbons (Fsp3) is 0.277. The molecule has 2 nitrogen and oxygen atoms in total. The molecule has 52 heavy (non-hydrogen) atoms. The number of aryl methyl sites for hydroxylation is 2. The van der Waals surface area contributed by atoms with Crippen LogP contribution in [0.25, 0.3) is 53.8 Å². The molecule has 269 valence electrons. The number of aromatic nitrogens is 2. The molecule has 0 aliphatic heterocycles. The molecule has 7 rings (SSSR count). The molecule has 3 aromatic heterocycles. The molecule has 0 fully saturated rings. The van der Waals surface area contributed by atoms with E-state index >= 15 is 0 Å². The van der Waals surface area contributed by atoms with Crippen LogP contribution in [0.1, 0.15) is 74.6 Å². The third-order valence-corrected chi connectivity index (χ3v) is 13.1. The summed E-state index contributed by atoms with van der Waals surface area (Å²) >= 11 is 1.85. The molecule has 0 atom stereocenters. The van der Waals surface area contributed by atoms with Gasteiger partial charge in [-0.3, -0.25) is 0 Å². The van der Waals surface area contributed by atoms with E-state index in [2.05, 4.69) is 151 Å². The van der Waals surface area contributed by atoms with Gasteiger partial charge in [-0.25, -0.2) is 0 Å². The monoisotopic (exact) mass is 895 g/mol. The summed E-state index contributed by atoms with van der Waals surface area (Å²) in [5, 5.41) is 4.08. The number of fused-ring (bicyclic) bond motifs is 3. The SMILES string of the molecule is CC(C)c1cc(-c2[c-]cccc2)ncc1[Si](C)(C)C.CCC(CC)c1ccnc(-c2[c-]ccc3c2sc2cc(-c4cc(C)cc(C)c4)ccc23)c1.[Ir]. The van der Waals surface area contributed by atoms with Crippen LogP contribution in [0.4, 0.5) is 0 Å². The van der Waals surface area contributed by atoms with Gasteiger partial charge < -0.3 is 9.97 Å². The second kappa shape index (κ2) is 16.9. The molecule has 4 aromatic carbocycles. The summed E-state index contributed by atoms with van der Waals surface area (Å²) < 4.78 is 2.59. The van der Waals surface area contributed by atoms with Gasteiger partial charge in [0.05, 0.1) is 8.07 Å². The van der Waals surface area contributed by atoms with E-state index in [1.165, 1.54) is 58.7 Å². The molecule has 0 aliphatic carbocycles. The van der Waals surface area contributed by atoms with E-state index in [4.69, 9.17) is 4.98 Å². The normalized spacial score (nSPS) is 11.5. The number of hydrogen-bond acceptors (Lipinski definition) is 3. The third-order valence-electron chi connectivity index (χ3n) is 9.84. The number of benzene rings is 4. The molecule has 0 saturated heterocycles.